The number of nitrogens with zero attached hydrogens (tertiary/aromatic N) is 2. The average molecular weight is 280 g/mol. The van der Waals surface area contributed by atoms with Crippen LogP contribution in [-0.4, -0.2) is 51.1 Å². The highest BCUT2D eigenvalue weighted by atomic mass is 32.2. The van der Waals surface area contributed by atoms with Gasteiger partial charge in [0.2, 0.25) is 0 Å². The molecule has 0 bridgehead atoms. The summed E-state index contributed by atoms with van der Waals surface area (Å²) in [4.78, 5) is 2.08. The average Bonchev–Trinajstić information content (AvgIpc) is 2.41. The van der Waals surface area contributed by atoms with E-state index >= 15 is 0 Å². The lowest BCUT2D eigenvalue weighted by molar-refractivity contribution is 0.219. The fourth-order valence-corrected chi connectivity index (χ4v) is 3.20. The first kappa shape index (κ1) is 13.8. The molecule has 1 aliphatic heterocycles. The van der Waals surface area contributed by atoms with E-state index < -0.39 is 9.84 Å². The Morgan fingerprint density at radius 3 is 2.74 bits per heavy atom. The van der Waals surface area contributed by atoms with Crippen molar-refractivity contribution in [1.82, 2.24) is 4.90 Å². The Kier molecular flexibility index (Phi) is 4.40. The van der Waals surface area contributed by atoms with Crippen LogP contribution in [0.15, 0.2) is 24.3 Å². The van der Waals surface area contributed by atoms with Crippen LogP contribution in [0.4, 0.5) is 0 Å². The van der Waals surface area contributed by atoms with Gasteiger partial charge in [-0.05, 0) is 18.2 Å². The summed E-state index contributed by atoms with van der Waals surface area (Å²) in [7, 11) is -2.82. The fraction of sp³-hybridized carbons (Fsp3) is 0.462. The number of rotatable bonds is 4. The molecule has 0 N–H and O–H groups in total. The third-order valence-electron chi connectivity index (χ3n) is 3.08. The van der Waals surface area contributed by atoms with Crippen LogP contribution in [0.25, 0.3) is 0 Å². The first-order chi connectivity index (χ1) is 9.09. The molecule has 0 amide bonds. The molecular weight excluding hydrogens is 264 g/mol. The maximum absolute atomic E-state index is 11.3. The second-order valence-electron chi connectivity index (χ2n) is 4.48. The van der Waals surface area contributed by atoms with Crippen LogP contribution in [-0.2, 0) is 9.84 Å². The van der Waals surface area contributed by atoms with Gasteiger partial charge in [0.15, 0.2) is 9.84 Å². The molecule has 5 nitrogen and oxygen atoms in total. The molecule has 0 unspecified atom stereocenters. The molecular formula is C13H16N2O3S. The van der Waals surface area contributed by atoms with E-state index in [-0.39, 0.29) is 11.5 Å². The second-order valence-corrected chi connectivity index (χ2v) is 6.79. The monoisotopic (exact) mass is 280 g/mol. The quantitative estimate of drug-likeness (QED) is 0.810. The summed E-state index contributed by atoms with van der Waals surface area (Å²) in [5.74, 6) is 1.14. The third-order valence-corrected chi connectivity index (χ3v) is 4.69. The Hall–Kier alpha value is -1.58. The molecule has 1 saturated heterocycles. The lowest BCUT2D eigenvalue weighted by Gasteiger charge is -2.26. The second kappa shape index (κ2) is 6.04. The predicted octanol–water partition coefficient (Wildman–Crippen LogP) is 0.667. The zero-order valence-corrected chi connectivity index (χ0v) is 11.4. The molecule has 0 aromatic heterocycles. The van der Waals surface area contributed by atoms with E-state index in [0.29, 0.717) is 37.6 Å². The van der Waals surface area contributed by atoms with Gasteiger partial charge in [0, 0.05) is 19.6 Å². The van der Waals surface area contributed by atoms with E-state index in [0.717, 1.165) is 0 Å². The highest BCUT2D eigenvalue weighted by molar-refractivity contribution is 7.91. The van der Waals surface area contributed by atoms with Gasteiger partial charge in [0.25, 0.3) is 0 Å². The van der Waals surface area contributed by atoms with E-state index in [1.165, 1.54) is 0 Å². The van der Waals surface area contributed by atoms with Gasteiger partial charge in [-0.15, -0.1) is 0 Å². The minimum atomic E-state index is -2.82. The molecule has 1 fully saturated rings. The fourth-order valence-electron chi connectivity index (χ4n) is 1.92. The van der Waals surface area contributed by atoms with Crippen molar-refractivity contribution in [1.29, 1.82) is 5.26 Å². The van der Waals surface area contributed by atoms with E-state index in [1.54, 1.807) is 18.2 Å². The van der Waals surface area contributed by atoms with Crippen LogP contribution in [0, 0.1) is 11.3 Å². The van der Waals surface area contributed by atoms with Crippen molar-refractivity contribution < 1.29 is 13.2 Å². The predicted molar refractivity (Wildman–Crippen MR) is 71.7 cm³/mol. The van der Waals surface area contributed by atoms with Gasteiger partial charge in [-0.1, -0.05) is 6.07 Å². The SMILES string of the molecule is N#Cc1cccc(OCCN2CCS(=O)(=O)CC2)c1. The molecule has 6 heteroatoms. The summed E-state index contributed by atoms with van der Waals surface area (Å²) in [5, 5.41) is 8.77. The van der Waals surface area contributed by atoms with Gasteiger partial charge in [-0.3, -0.25) is 4.90 Å². The maximum Gasteiger partial charge on any atom is 0.152 e. The summed E-state index contributed by atoms with van der Waals surface area (Å²) < 4.78 is 28.1. The Balaban J connectivity index is 1.76. The molecule has 1 aromatic carbocycles. The summed E-state index contributed by atoms with van der Waals surface area (Å²) in [5.41, 5.74) is 0.571. The maximum atomic E-state index is 11.3. The topological polar surface area (TPSA) is 70.4 Å². The molecule has 0 radical (unpaired) electrons. The van der Waals surface area contributed by atoms with Gasteiger partial charge in [-0.25, -0.2) is 8.42 Å². The highest BCUT2D eigenvalue weighted by Crippen LogP contribution is 2.12. The van der Waals surface area contributed by atoms with Crippen molar-refractivity contribution in [2.75, 3.05) is 37.7 Å². The first-order valence-corrected chi connectivity index (χ1v) is 7.97. The van der Waals surface area contributed by atoms with Crippen LogP contribution in [0.1, 0.15) is 5.56 Å². The van der Waals surface area contributed by atoms with Crippen LogP contribution >= 0.6 is 0 Å². The summed E-state index contributed by atoms with van der Waals surface area (Å²) in [6.07, 6.45) is 0. The highest BCUT2D eigenvalue weighted by Gasteiger charge is 2.20. The van der Waals surface area contributed by atoms with Gasteiger partial charge >= 0.3 is 0 Å². The Labute approximate surface area is 113 Å². The lowest BCUT2D eigenvalue weighted by Crippen LogP contribution is -2.42. The summed E-state index contributed by atoms with van der Waals surface area (Å²) in [6.45, 7) is 2.34. The zero-order chi connectivity index (χ0) is 13.7. The van der Waals surface area contributed by atoms with Gasteiger partial charge in [0.1, 0.15) is 12.4 Å². The van der Waals surface area contributed by atoms with Gasteiger partial charge in [0.05, 0.1) is 23.1 Å². The normalized spacial score (nSPS) is 18.7. The van der Waals surface area contributed by atoms with Crippen molar-refractivity contribution in [3.8, 4) is 11.8 Å². The number of ether oxygens (including phenoxy) is 1. The minimum Gasteiger partial charge on any atom is -0.492 e. The van der Waals surface area contributed by atoms with Crippen LogP contribution in [0.2, 0.25) is 0 Å². The smallest absolute Gasteiger partial charge is 0.152 e. The number of hydrogen-bond donors (Lipinski definition) is 0. The largest absolute Gasteiger partial charge is 0.492 e. The molecule has 1 aromatic rings. The van der Waals surface area contributed by atoms with Crippen molar-refractivity contribution in [3.05, 3.63) is 29.8 Å². The van der Waals surface area contributed by atoms with Crippen LogP contribution in [0.3, 0.4) is 0 Å². The molecule has 0 atom stereocenters. The first-order valence-electron chi connectivity index (χ1n) is 6.15. The van der Waals surface area contributed by atoms with Gasteiger partial charge in [-0.2, -0.15) is 5.26 Å². The Morgan fingerprint density at radius 2 is 2.05 bits per heavy atom. The number of hydrogen-bond acceptors (Lipinski definition) is 5. The van der Waals surface area contributed by atoms with E-state index in [9.17, 15) is 8.42 Å². The van der Waals surface area contributed by atoms with Crippen molar-refractivity contribution in [2.24, 2.45) is 0 Å². The molecule has 0 saturated carbocycles. The van der Waals surface area contributed by atoms with Crippen molar-refractivity contribution >= 4 is 9.84 Å². The standard InChI is InChI=1S/C13H16N2O3S/c14-11-12-2-1-3-13(10-12)18-7-4-15-5-8-19(16,17)9-6-15/h1-3,10H,4-9H2. The summed E-state index contributed by atoms with van der Waals surface area (Å²) in [6, 6.07) is 9.06. The lowest BCUT2D eigenvalue weighted by atomic mass is 10.2. The third kappa shape index (κ3) is 4.23. The molecule has 19 heavy (non-hydrogen) atoms. The Morgan fingerprint density at radius 1 is 1.32 bits per heavy atom. The van der Waals surface area contributed by atoms with E-state index in [4.69, 9.17) is 10.00 Å². The minimum absolute atomic E-state index is 0.233. The summed E-state index contributed by atoms with van der Waals surface area (Å²) >= 11 is 0. The van der Waals surface area contributed by atoms with Crippen molar-refractivity contribution in [2.45, 2.75) is 0 Å². The molecule has 0 aliphatic carbocycles. The van der Waals surface area contributed by atoms with Gasteiger partial charge < -0.3 is 4.74 Å². The molecule has 1 aliphatic rings. The number of sulfone groups is 1. The van der Waals surface area contributed by atoms with Crippen LogP contribution < -0.4 is 4.74 Å². The zero-order valence-electron chi connectivity index (χ0n) is 10.6. The van der Waals surface area contributed by atoms with E-state index in [1.807, 2.05) is 6.07 Å². The number of nitriles is 1. The van der Waals surface area contributed by atoms with Crippen LogP contribution in [0.5, 0.6) is 5.75 Å². The molecule has 2 rings (SSSR count). The number of benzene rings is 1. The Bertz CT molecular complexity index is 564. The molecule has 1 heterocycles. The van der Waals surface area contributed by atoms with E-state index in [2.05, 4.69) is 11.0 Å². The molecule has 102 valence electrons. The van der Waals surface area contributed by atoms with Crippen molar-refractivity contribution in [3.63, 3.8) is 0 Å². The molecule has 0 spiro atoms.